The van der Waals surface area contributed by atoms with Crippen LogP contribution in [-0.4, -0.2) is 24.5 Å². The van der Waals surface area contributed by atoms with Gasteiger partial charge < -0.3 is 16.4 Å². The van der Waals surface area contributed by atoms with Crippen LogP contribution in [-0.2, 0) is 4.79 Å². The summed E-state index contributed by atoms with van der Waals surface area (Å²) in [7, 11) is 1.61. The number of thiocarbonyl (C=S) groups is 1. The Morgan fingerprint density at radius 3 is 2.82 bits per heavy atom. The van der Waals surface area contributed by atoms with Crippen LogP contribution in [0.4, 0.5) is 5.69 Å². The zero-order valence-corrected chi connectivity index (χ0v) is 11.8. The van der Waals surface area contributed by atoms with Gasteiger partial charge in [-0.3, -0.25) is 4.79 Å². The third-order valence-corrected chi connectivity index (χ3v) is 2.91. The lowest BCUT2D eigenvalue weighted by atomic mass is 10.1. The summed E-state index contributed by atoms with van der Waals surface area (Å²) in [6, 6.07) is 5.60. The standard InChI is InChI=1S/C11H14BrN3OS/c1-14-10(16)4-5-15-9-6-7(12)2-3-8(9)11(13)17/h2-3,6,15H,4-5H2,1H3,(H2,13,17)(H,14,16). The predicted molar refractivity (Wildman–Crippen MR) is 77.2 cm³/mol. The van der Waals surface area contributed by atoms with E-state index < -0.39 is 0 Å². The number of rotatable bonds is 5. The molecule has 0 radical (unpaired) electrons. The van der Waals surface area contributed by atoms with E-state index in [-0.39, 0.29) is 5.91 Å². The molecule has 1 rings (SSSR count). The Kier molecular flexibility index (Phi) is 5.37. The van der Waals surface area contributed by atoms with Gasteiger partial charge in [0.2, 0.25) is 5.91 Å². The molecule has 0 bridgehead atoms. The molecule has 0 saturated carbocycles. The van der Waals surface area contributed by atoms with Crippen LogP contribution in [0.5, 0.6) is 0 Å². The Hall–Kier alpha value is -1.14. The van der Waals surface area contributed by atoms with Gasteiger partial charge in [0, 0.05) is 35.7 Å². The molecule has 0 aliphatic rings. The molecule has 0 fully saturated rings. The summed E-state index contributed by atoms with van der Waals surface area (Å²) < 4.78 is 0.931. The van der Waals surface area contributed by atoms with Crippen molar-refractivity contribution in [3.63, 3.8) is 0 Å². The van der Waals surface area contributed by atoms with Crippen molar-refractivity contribution in [2.75, 3.05) is 18.9 Å². The van der Waals surface area contributed by atoms with Gasteiger partial charge in [-0.25, -0.2) is 0 Å². The van der Waals surface area contributed by atoms with E-state index in [1.54, 1.807) is 7.05 Å². The summed E-state index contributed by atoms with van der Waals surface area (Å²) >= 11 is 8.34. The van der Waals surface area contributed by atoms with Crippen molar-refractivity contribution < 1.29 is 4.79 Å². The van der Waals surface area contributed by atoms with Gasteiger partial charge in [0.05, 0.1) is 0 Å². The fourth-order valence-electron chi connectivity index (χ4n) is 1.31. The van der Waals surface area contributed by atoms with Crippen molar-refractivity contribution in [1.29, 1.82) is 0 Å². The second-order valence-corrected chi connectivity index (χ2v) is 4.76. The number of halogens is 1. The fraction of sp³-hybridized carbons (Fsp3) is 0.273. The summed E-state index contributed by atoms with van der Waals surface area (Å²) in [6.45, 7) is 0.533. The van der Waals surface area contributed by atoms with Crippen molar-refractivity contribution >= 4 is 44.7 Å². The zero-order valence-electron chi connectivity index (χ0n) is 9.42. The van der Waals surface area contributed by atoms with Crippen molar-refractivity contribution in [1.82, 2.24) is 5.32 Å². The SMILES string of the molecule is CNC(=O)CCNc1cc(Br)ccc1C(N)=S. The number of hydrogen-bond donors (Lipinski definition) is 3. The van der Waals surface area contributed by atoms with Crippen LogP contribution in [0.1, 0.15) is 12.0 Å². The van der Waals surface area contributed by atoms with E-state index in [1.165, 1.54) is 0 Å². The highest BCUT2D eigenvalue weighted by Gasteiger charge is 2.06. The molecule has 0 aliphatic carbocycles. The van der Waals surface area contributed by atoms with E-state index in [9.17, 15) is 4.79 Å². The number of anilines is 1. The lowest BCUT2D eigenvalue weighted by Gasteiger charge is -2.11. The smallest absolute Gasteiger partial charge is 0.221 e. The second kappa shape index (κ2) is 6.56. The predicted octanol–water partition coefficient (Wildman–Crippen LogP) is 1.63. The number of carbonyl (C=O) groups excluding carboxylic acids is 1. The highest BCUT2D eigenvalue weighted by atomic mass is 79.9. The van der Waals surface area contributed by atoms with E-state index in [1.807, 2.05) is 18.2 Å². The molecule has 0 unspecified atom stereocenters. The molecular weight excluding hydrogens is 302 g/mol. The highest BCUT2D eigenvalue weighted by molar-refractivity contribution is 9.10. The maximum atomic E-state index is 11.1. The Morgan fingerprint density at radius 2 is 2.24 bits per heavy atom. The van der Waals surface area contributed by atoms with Crippen LogP contribution in [0.15, 0.2) is 22.7 Å². The van der Waals surface area contributed by atoms with Gasteiger partial charge in [-0.2, -0.15) is 0 Å². The molecular formula is C11H14BrN3OS. The van der Waals surface area contributed by atoms with Crippen LogP contribution in [0.25, 0.3) is 0 Å². The third kappa shape index (κ3) is 4.32. The first-order chi connectivity index (χ1) is 8.04. The molecule has 4 N–H and O–H groups in total. The molecule has 1 aromatic carbocycles. The molecule has 92 valence electrons. The summed E-state index contributed by atoms with van der Waals surface area (Å²) in [5.74, 6) is -0.00984. The average molecular weight is 316 g/mol. The Labute approximate surface area is 114 Å². The summed E-state index contributed by atoms with van der Waals surface area (Å²) in [5.41, 5.74) is 7.23. The highest BCUT2D eigenvalue weighted by Crippen LogP contribution is 2.21. The van der Waals surface area contributed by atoms with Crippen LogP contribution in [0.3, 0.4) is 0 Å². The summed E-state index contributed by atoms with van der Waals surface area (Å²) in [5, 5.41) is 5.70. The number of hydrogen-bond acceptors (Lipinski definition) is 3. The van der Waals surface area contributed by atoms with E-state index in [2.05, 4.69) is 26.6 Å². The van der Waals surface area contributed by atoms with Gasteiger partial charge in [-0.1, -0.05) is 28.1 Å². The minimum atomic E-state index is -0.00984. The first-order valence-electron chi connectivity index (χ1n) is 5.08. The molecule has 0 atom stereocenters. The molecule has 1 amide bonds. The average Bonchev–Trinajstić information content (AvgIpc) is 2.28. The molecule has 0 saturated heterocycles. The monoisotopic (exact) mass is 315 g/mol. The largest absolute Gasteiger partial charge is 0.389 e. The normalized spacial score (nSPS) is 9.76. The molecule has 17 heavy (non-hydrogen) atoms. The Balaban J connectivity index is 2.72. The van der Waals surface area contributed by atoms with E-state index in [0.717, 1.165) is 15.7 Å². The number of benzene rings is 1. The van der Waals surface area contributed by atoms with E-state index in [4.69, 9.17) is 18.0 Å². The molecule has 1 aromatic rings. The maximum absolute atomic E-state index is 11.1. The lowest BCUT2D eigenvalue weighted by Crippen LogP contribution is -2.21. The van der Waals surface area contributed by atoms with Crippen LogP contribution in [0.2, 0.25) is 0 Å². The quantitative estimate of drug-likeness (QED) is 0.723. The molecule has 0 spiro atoms. The van der Waals surface area contributed by atoms with Crippen LogP contribution in [0, 0.1) is 0 Å². The van der Waals surface area contributed by atoms with Gasteiger partial charge in [0.15, 0.2) is 0 Å². The minimum Gasteiger partial charge on any atom is -0.389 e. The van der Waals surface area contributed by atoms with Crippen molar-refractivity contribution in [2.45, 2.75) is 6.42 Å². The fourth-order valence-corrected chi connectivity index (χ4v) is 1.85. The molecule has 4 nitrogen and oxygen atoms in total. The molecule has 0 aliphatic heterocycles. The molecule has 0 heterocycles. The third-order valence-electron chi connectivity index (χ3n) is 2.19. The van der Waals surface area contributed by atoms with Gasteiger partial charge in [0.25, 0.3) is 0 Å². The van der Waals surface area contributed by atoms with E-state index in [0.29, 0.717) is 18.0 Å². The molecule has 0 aromatic heterocycles. The van der Waals surface area contributed by atoms with E-state index >= 15 is 0 Å². The maximum Gasteiger partial charge on any atom is 0.221 e. The summed E-state index contributed by atoms with van der Waals surface area (Å²) in [4.78, 5) is 11.4. The second-order valence-electron chi connectivity index (χ2n) is 3.40. The van der Waals surface area contributed by atoms with Crippen molar-refractivity contribution in [2.24, 2.45) is 5.73 Å². The number of nitrogens with two attached hydrogens (primary N) is 1. The van der Waals surface area contributed by atoms with Gasteiger partial charge in [-0.15, -0.1) is 0 Å². The van der Waals surface area contributed by atoms with Gasteiger partial charge in [0.1, 0.15) is 4.99 Å². The molecule has 6 heteroatoms. The Morgan fingerprint density at radius 1 is 1.53 bits per heavy atom. The van der Waals surface area contributed by atoms with Crippen molar-refractivity contribution in [3.05, 3.63) is 28.2 Å². The first kappa shape index (κ1) is 13.9. The minimum absolute atomic E-state index is 0.00984. The Bertz CT molecular complexity index is 437. The zero-order chi connectivity index (χ0) is 12.8. The summed E-state index contributed by atoms with van der Waals surface area (Å²) in [6.07, 6.45) is 0.403. The number of amides is 1. The van der Waals surface area contributed by atoms with Crippen LogP contribution >= 0.6 is 28.1 Å². The lowest BCUT2D eigenvalue weighted by molar-refractivity contribution is -0.120. The van der Waals surface area contributed by atoms with Crippen LogP contribution < -0.4 is 16.4 Å². The number of carbonyl (C=O) groups is 1. The number of nitrogens with one attached hydrogen (secondary N) is 2. The van der Waals surface area contributed by atoms with Gasteiger partial charge in [-0.05, 0) is 18.2 Å². The topological polar surface area (TPSA) is 67.2 Å². The van der Waals surface area contributed by atoms with Crippen molar-refractivity contribution in [3.8, 4) is 0 Å². The first-order valence-corrected chi connectivity index (χ1v) is 6.28. The van der Waals surface area contributed by atoms with Gasteiger partial charge >= 0.3 is 0 Å².